The van der Waals surface area contributed by atoms with Crippen LogP contribution < -0.4 is 27.1 Å². The van der Waals surface area contributed by atoms with Crippen LogP contribution in [-0.4, -0.2) is 42.5 Å². The molecule has 0 saturated carbocycles. The highest BCUT2D eigenvalue weighted by molar-refractivity contribution is 5.97. The number of rotatable bonds is 7. The molecule has 0 aliphatic rings. The molecule has 0 spiro atoms. The quantitative estimate of drug-likeness (QED) is 0.295. The molecule has 5 aromatic rings. The number of nitrogens with one attached hydrogen (secondary N) is 1. The maximum Gasteiger partial charge on any atom is 0.316 e. The van der Waals surface area contributed by atoms with Gasteiger partial charge in [0.25, 0.3) is 11.5 Å². The molecule has 5 N–H and O–H groups in total. The highest BCUT2D eigenvalue weighted by Gasteiger charge is 2.22. The van der Waals surface area contributed by atoms with Gasteiger partial charge in [0.1, 0.15) is 11.6 Å². The van der Waals surface area contributed by atoms with Crippen LogP contribution in [0.15, 0.2) is 71.9 Å². The number of carbonyl (C=O) groups is 1. The molecule has 1 atom stereocenters. The lowest BCUT2D eigenvalue weighted by Crippen LogP contribution is -2.28. The average molecular weight is 510 g/mol. The van der Waals surface area contributed by atoms with Crippen molar-refractivity contribution in [2.45, 2.75) is 13.0 Å². The van der Waals surface area contributed by atoms with Gasteiger partial charge in [-0.25, -0.2) is 19.9 Å². The molecule has 0 bridgehead atoms. The number of nitrogen functional groups attached to an aromatic ring is 1. The van der Waals surface area contributed by atoms with Crippen LogP contribution in [0.25, 0.3) is 27.7 Å². The minimum atomic E-state index is -0.724. The molecular weight excluding hydrogens is 486 g/mol. The number of para-hydroxylation sites is 1. The molecule has 1 amide bonds. The van der Waals surface area contributed by atoms with E-state index in [4.69, 9.17) is 21.2 Å². The van der Waals surface area contributed by atoms with Crippen molar-refractivity contribution < 1.29 is 9.53 Å². The second-order valence-corrected chi connectivity index (χ2v) is 8.33. The number of ether oxygens (including phenoxy) is 1. The Bertz CT molecular complexity index is 1700. The van der Waals surface area contributed by atoms with Crippen LogP contribution >= 0.6 is 0 Å². The van der Waals surface area contributed by atoms with Crippen LogP contribution in [0, 0.1) is 0 Å². The molecule has 0 aliphatic heterocycles. The first-order chi connectivity index (χ1) is 18.4. The largest absolute Gasteiger partial charge is 0.467 e. The molecule has 190 valence electrons. The van der Waals surface area contributed by atoms with Gasteiger partial charge in [0.05, 0.1) is 35.3 Å². The van der Waals surface area contributed by atoms with E-state index in [2.05, 4.69) is 25.3 Å². The number of carbonyl (C=O) groups excluding carboxylic acids is 1. The Morgan fingerprint density at radius 1 is 1.00 bits per heavy atom. The molecule has 3 aromatic heterocycles. The summed E-state index contributed by atoms with van der Waals surface area (Å²) in [5, 5.41) is 3.52. The predicted octanol–water partition coefficient (Wildman–Crippen LogP) is 2.50. The number of hydrogen-bond donors (Lipinski definition) is 3. The Balaban J connectivity index is 1.72. The molecular formula is C26H23N9O3. The molecule has 12 nitrogen and oxygen atoms in total. The fraction of sp³-hybridized carbons (Fsp3) is 0.115. The van der Waals surface area contributed by atoms with Crippen LogP contribution in [0.5, 0.6) is 6.01 Å². The van der Waals surface area contributed by atoms with Crippen LogP contribution in [-0.2, 0) is 0 Å². The van der Waals surface area contributed by atoms with Gasteiger partial charge in [-0.15, -0.1) is 0 Å². The van der Waals surface area contributed by atoms with Crippen molar-refractivity contribution in [2.24, 2.45) is 5.73 Å². The summed E-state index contributed by atoms with van der Waals surface area (Å²) < 4.78 is 6.58. The Hall–Kier alpha value is -5.39. The number of hydrogen-bond acceptors (Lipinski definition) is 10. The highest BCUT2D eigenvalue weighted by Crippen LogP contribution is 2.28. The van der Waals surface area contributed by atoms with Crippen molar-refractivity contribution in [3.05, 3.63) is 88.9 Å². The van der Waals surface area contributed by atoms with E-state index in [1.807, 2.05) is 36.4 Å². The lowest BCUT2D eigenvalue weighted by Gasteiger charge is -2.21. The molecule has 2 aromatic carbocycles. The Kier molecular flexibility index (Phi) is 6.35. The molecule has 12 heteroatoms. The molecule has 5 rings (SSSR count). The summed E-state index contributed by atoms with van der Waals surface area (Å²) in [6, 6.07) is 14.1. The van der Waals surface area contributed by atoms with Gasteiger partial charge in [0.15, 0.2) is 0 Å². The third-order valence-electron chi connectivity index (χ3n) is 5.87. The van der Waals surface area contributed by atoms with Crippen LogP contribution in [0.3, 0.4) is 0 Å². The topological polar surface area (TPSA) is 177 Å². The van der Waals surface area contributed by atoms with E-state index in [0.29, 0.717) is 33.5 Å². The summed E-state index contributed by atoms with van der Waals surface area (Å²) in [5.41, 5.74) is 13.3. The van der Waals surface area contributed by atoms with Gasteiger partial charge in [-0.2, -0.15) is 4.98 Å². The average Bonchev–Trinajstić information content (AvgIpc) is 2.93. The third kappa shape index (κ3) is 4.46. The van der Waals surface area contributed by atoms with Crippen LogP contribution in [0.1, 0.15) is 29.1 Å². The number of benzene rings is 2. The summed E-state index contributed by atoms with van der Waals surface area (Å²) in [7, 11) is 1.48. The van der Waals surface area contributed by atoms with Crippen molar-refractivity contribution in [1.29, 1.82) is 0 Å². The lowest BCUT2D eigenvalue weighted by molar-refractivity contribution is 0.100. The molecule has 0 radical (unpaired) electrons. The van der Waals surface area contributed by atoms with Crippen LogP contribution in [0.2, 0.25) is 0 Å². The Morgan fingerprint density at radius 3 is 2.42 bits per heavy atom. The van der Waals surface area contributed by atoms with Crippen molar-refractivity contribution in [2.75, 3.05) is 18.2 Å². The van der Waals surface area contributed by atoms with E-state index in [0.717, 1.165) is 0 Å². The summed E-state index contributed by atoms with van der Waals surface area (Å²) in [6.07, 6.45) is 4.44. The van der Waals surface area contributed by atoms with Crippen molar-refractivity contribution in [1.82, 2.24) is 29.5 Å². The van der Waals surface area contributed by atoms with E-state index in [-0.39, 0.29) is 28.9 Å². The molecule has 0 unspecified atom stereocenters. The standard InChI is InChI=1S/C26H23N9O3/c1-14(32-22-18(21(27)36)13-29-25(28)34-22)23-33-19-10-6-9-17(15-11-30-26(38-2)31-12-15)20(19)24(37)35(23)16-7-4-3-5-8-16/h3-14H,1-2H3,(H2,27,36)(H3,28,29,32,34)/t14-/m1/s1. The van der Waals surface area contributed by atoms with Crippen molar-refractivity contribution in [3.63, 3.8) is 0 Å². The summed E-state index contributed by atoms with van der Waals surface area (Å²) in [4.78, 5) is 47.3. The number of amides is 1. The summed E-state index contributed by atoms with van der Waals surface area (Å²) in [5.74, 6) is -0.249. The normalized spacial score (nSPS) is 11.7. The van der Waals surface area contributed by atoms with Gasteiger partial charge in [-0.05, 0) is 30.7 Å². The van der Waals surface area contributed by atoms with Gasteiger partial charge >= 0.3 is 6.01 Å². The van der Waals surface area contributed by atoms with Gasteiger partial charge in [0.2, 0.25) is 5.95 Å². The van der Waals surface area contributed by atoms with Gasteiger partial charge in [-0.3, -0.25) is 14.2 Å². The zero-order valence-corrected chi connectivity index (χ0v) is 20.5. The number of fused-ring (bicyclic) bond motifs is 1. The number of nitrogens with zero attached hydrogens (tertiary/aromatic N) is 6. The summed E-state index contributed by atoms with van der Waals surface area (Å²) >= 11 is 0. The van der Waals surface area contributed by atoms with Crippen molar-refractivity contribution >= 4 is 28.6 Å². The van der Waals surface area contributed by atoms with Gasteiger partial charge in [0, 0.05) is 24.2 Å². The lowest BCUT2D eigenvalue weighted by atomic mass is 10.0. The van der Waals surface area contributed by atoms with E-state index in [9.17, 15) is 9.59 Å². The Morgan fingerprint density at radius 2 is 1.74 bits per heavy atom. The fourth-order valence-corrected chi connectivity index (χ4v) is 4.12. The molecule has 0 fully saturated rings. The zero-order chi connectivity index (χ0) is 26.8. The minimum absolute atomic E-state index is 0.0389. The molecule has 0 aliphatic carbocycles. The first-order valence-corrected chi connectivity index (χ1v) is 11.5. The second-order valence-electron chi connectivity index (χ2n) is 8.33. The minimum Gasteiger partial charge on any atom is -0.467 e. The number of methoxy groups -OCH3 is 1. The van der Waals surface area contributed by atoms with E-state index in [1.165, 1.54) is 17.9 Å². The number of primary amides is 1. The predicted molar refractivity (Wildman–Crippen MR) is 142 cm³/mol. The third-order valence-corrected chi connectivity index (χ3v) is 5.87. The fourth-order valence-electron chi connectivity index (χ4n) is 4.12. The summed E-state index contributed by atoms with van der Waals surface area (Å²) in [6.45, 7) is 1.79. The molecule has 3 heterocycles. The maximum atomic E-state index is 14.2. The van der Waals surface area contributed by atoms with E-state index >= 15 is 0 Å². The van der Waals surface area contributed by atoms with Gasteiger partial charge in [-0.1, -0.05) is 30.3 Å². The SMILES string of the molecule is COc1ncc(-c2cccc3nc([C@@H](C)Nc4nc(N)ncc4C(N)=O)n(-c4ccccc4)c(=O)c23)cn1. The smallest absolute Gasteiger partial charge is 0.316 e. The first kappa shape index (κ1) is 24.3. The monoisotopic (exact) mass is 509 g/mol. The van der Waals surface area contributed by atoms with Gasteiger partial charge < -0.3 is 21.5 Å². The van der Waals surface area contributed by atoms with E-state index in [1.54, 1.807) is 31.5 Å². The Labute approximate surface area is 216 Å². The number of anilines is 2. The van der Waals surface area contributed by atoms with Crippen molar-refractivity contribution in [3.8, 4) is 22.8 Å². The number of aromatic nitrogens is 6. The zero-order valence-electron chi connectivity index (χ0n) is 20.5. The second kappa shape index (κ2) is 9.93. The van der Waals surface area contributed by atoms with Crippen LogP contribution in [0.4, 0.5) is 11.8 Å². The number of nitrogens with two attached hydrogens (primary N) is 2. The molecule has 0 saturated heterocycles. The van der Waals surface area contributed by atoms with E-state index < -0.39 is 11.9 Å². The maximum absolute atomic E-state index is 14.2. The molecule has 38 heavy (non-hydrogen) atoms. The first-order valence-electron chi connectivity index (χ1n) is 11.5. The highest BCUT2D eigenvalue weighted by atomic mass is 16.5.